The topological polar surface area (TPSA) is 37.4 Å². The highest BCUT2D eigenvalue weighted by Gasteiger charge is 2.72. The van der Waals surface area contributed by atoms with Crippen LogP contribution in [0.4, 0.5) is 0 Å². The summed E-state index contributed by atoms with van der Waals surface area (Å²) in [6.07, 6.45) is 5.36. The van der Waals surface area contributed by atoms with Crippen molar-refractivity contribution >= 4 is 10.0 Å². The zero-order chi connectivity index (χ0) is 16.0. The summed E-state index contributed by atoms with van der Waals surface area (Å²) in [5, 5.41) is 0. The maximum atomic E-state index is 13.2. The molecule has 2 bridgehead atoms. The van der Waals surface area contributed by atoms with Crippen LogP contribution in [0.5, 0.6) is 0 Å². The molecule has 124 valence electrons. The van der Waals surface area contributed by atoms with Gasteiger partial charge in [-0.25, -0.2) is 8.42 Å². The number of benzene rings is 1. The van der Waals surface area contributed by atoms with Gasteiger partial charge in [-0.15, -0.1) is 0 Å². The predicted molar refractivity (Wildman–Crippen MR) is 90.5 cm³/mol. The van der Waals surface area contributed by atoms with Crippen LogP contribution in [0.25, 0.3) is 0 Å². The Balaban J connectivity index is 1.63. The standard InChI is InChI=1S/C19H25NO2S/c1-18(2)14-9-10-19(18)12-23(21,22)20(17(19)11-14)16-8-7-13-5-3-4-6-15(13)16/h3-6,14,16-17H,7-12H2,1-2H3/t14?,16?,17-,19-/m0/s1. The van der Waals surface area contributed by atoms with Crippen molar-refractivity contribution in [1.29, 1.82) is 0 Å². The zero-order valence-corrected chi connectivity index (χ0v) is 14.8. The Labute approximate surface area is 139 Å². The molecule has 1 saturated heterocycles. The SMILES string of the molecule is CC1(C)C2CC[C@@]13CS(=O)(=O)N(C1CCc4ccccc41)[C@H]3C2. The van der Waals surface area contributed by atoms with Crippen molar-refractivity contribution in [3.05, 3.63) is 35.4 Å². The first-order valence-corrected chi connectivity index (χ1v) is 10.6. The lowest BCUT2D eigenvalue weighted by Crippen LogP contribution is -2.42. The Morgan fingerprint density at radius 3 is 2.74 bits per heavy atom. The number of hydrogen-bond donors (Lipinski definition) is 0. The Morgan fingerprint density at radius 1 is 1.17 bits per heavy atom. The van der Waals surface area contributed by atoms with Crippen LogP contribution >= 0.6 is 0 Å². The number of hydrogen-bond acceptors (Lipinski definition) is 2. The summed E-state index contributed by atoms with van der Waals surface area (Å²) in [6.45, 7) is 4.65. The number of aryl methyl sites for hydroxylation is 1. The molecule has 0 amide bonds. The van der Waals surface area contributed by atoms with E-state index in [9.17, 15) is 8.42 Å². The van der Waals surface area contributed by atoms with Crippen molar-refractivity contribution in [2.45, 2.75) is 58.0 Å². The second-order valence-electron chi connectivity index (χ2n) is 8.70. The lowest BCUT2D eigenvalue weighted by atomic mass is 9.69. The molecule has 1 aromatic rings. The van der Waals surface area contributed by atoms with E-state index < -0.39 is 10.0 Å². The van der Waals surface area contributed by atoms with Crippen molar-refractivity contribution in [2.24, 2.45) is 16.7 Å². The van der Waals surface area contributed by atoms with E-state index in [0.717, 1.165) is 25.7 Å². The quantitative estimate of drug-likeness (QED) is 0.789. The van der Waals surface area contributed by atoms with Gasteiger partial charge in [0.15, 0.2) is 0 Å². The highest BCUT2D eigenvalue weighted by atomic mass is 32.2. The Bertz CT molecular complexity index is 784. The van der Waals surface area contributed by atoms with Crippen LogP contribution in [0.3, 0.4) is 0 Å². The zero-order valence-electron chi connectivity index (χ0n) is 14.0. The molecule has 2 saturated carbocycles. The molecule has 3 nitrogen and oxygen atoms in total. The fourth-order valence-corrected chi connectivity index (χ4v) is 9.32. The van der Waals surface area contributed by atoms with Gasteiger partial charge in [0, 0.05) is 11.5 Å². The van der Waals surface area contributed by atoms with Crippen LogP contribution in [0.2, 0.25) is 0 Å². The van der Waals surface area contributed by atoms with E-state index in [2.05, 4.69) is 38.1 Å². The molecule has 1 heterocycles. The second kappa shape index (κ2) is 4.20. The van der Waals surface area contributed by atoms with Crippen molar-refractivity contribution in [1.82, 2.24) is 4.31 Å². The molecule has 1 aliphatic heterocycles. The average Bonchev–Trinajstić information content (AvgIpc) is 3.13. The normalized spacial score (nSPS) is 42.8. The summed E-state index contributed by atoms with van der Waals surface area (Å²) in [4.78, 5) is 0. The summed E-state index contributed by atoms with van der Waals surface area (Å²) in [7, 11) is -3.15. The van der Waals surface area contributed by atoms with Crippen LogP contribution in [0, 0.1) is 16.7 Å². The maximum Gasteiger partial charge on any atom is 0.215 e. The number of rotatable bonds is 1. The van der Waals surface area contributed by atoms with Crippen molar-refractivity contribution in [3.63, 3.8) is 0 Å². The molecule has 4 aliphatic rings. The van der Waals surface area contributed by atoms with E-state index in [-0.39, 0.29) is 22.9 Å². The lowest BCUT2D eigenvalue weighted by Gasteiger charge is -2.38. The molecular formula is C19H25NO2S. The van der Waals surface area contributed by atoms with Crippen molar-refractivity contribution in [2.75, 3.05) is 5.75 Å². The van der Waals surface area contributed by atoms with Crippen LogP contribution in [-0.4, -0.2) is 24.5 Å². The first kappa shape index (κ1) is 14.5. The smallest absolute Gasteiger partial charge is 0.212 e. The molecule has 4 heteroatoms. The van der Waals surface area contributed by atoms with Gasteiger partial charge in [0.1, 0.15) is 0 Å². The lowest BCUT2D eigenvalue weighted by molar-refractivity contribution is 0.0990. The van der Waals surface area contributed by atoms with Crippen LogP contribution < -0.4 is 0 Å². The van der Waals surface area contributed by atoms with Gasteiger partial charge in [0.25, 0.3) is 0 Å². The van der Waals surface area contributed by atoms with E-state index >= 15 is 0 Å². The maximum absolute atomic E-state index is 13.2. The molecule has 3 aliphatic carbocycles. The van der Waals surface area contributed by atoms with Gasteiger partial charge >= 0.3 is 0 Å². The Hall–Kier alpha value is -0.870. The third-order valence-electron chi connectivity index (χ3n) is 7.87. The van der Waals surface area contributed by atoms with E-state index in [1.54, 1.807) is 0 Å². The Morgan fingerprint density at radius 2 is 1.96 bits per heavy atom. The van der Waals surface area contributed by atoms with Gasteiger partial charge in [0.2, 0.25) is 10.0 Å². The van der Waals surface area contributed by atoms with Gasteiger partial charge in [-0.1, -0.05) is 38.1 Å². The van der Waals surface area contributed by atoms with E-state index in [0.29, 0.717) is 11.7 Å². The molecule has 5 rings (SSSR count). The summed E-state index contributed by atoms with van der Waals surface area (Å²) in [5.74, 6) is 1.08. The molecule has 0 N–H and O–H groups in total. The molecule has 1 spiro atoms. The predicted octanol–water partition coefficient (Wildman–Crippen LogP) is 3.51. The first-order chi connectivity index (χ1) is 10.9. The molecule has 3 fully saturated rings. The molecule has 0 radical (unpaired) electrons. The largest absolute Gasteiger partial charge is 0.215 e. The summed E-state index contributed by atoms with van der Waals surface area (Å²) in [6, 6.07) is 8.75. The third kappa shape index (κ3) is 1.57. The minimum atomic E-state index is -3.15. The molecule has 2 unspecified atom stereocenters. The van der Waals surface area contributed by atoms with Crippen molar-refractivity contribution < 1.29 is 8.42 Å². The fraction of sp³-hybridized carbons (Fsp3) is 0.684. The van der Waals surface area contributed by atoms with E-state index in [1.807, 2.05) is 4.31 Å². The van der Waals surface area contributed by atoms with E-state index in [4.69, 9.17) is 0 Å². The van der Waals surface area contributed by atoms with E-state index in [1.165, 1.54) is 17.5 Å². The minimum absolute atomic E-state index is 0.00592. The molecule has 0 aromatic heterocycles. The number of nitrogens with zero attached hydrogens (tertiary/aromatic N) is 1. The Kier molecular flexibility index (Phi) is 2.65. The second-order valence-corrected chi connectivity index (χ2v) is 10.6. The highest BCUT2D eigenvalue weighted by Crippen LogP contribution is 2.71. The molecule has 4 atom stereocenters. The monoisotopic (exact) mass is 331 g/mol. The summed E-state index contributed by atoms with van der Waals surface area (Å²) in [5.41, 5.74) is 2.76. The summed E-state index contributed by atoms with van der Waals surface area (Å²) >= 11 is 0. The van der Waals surface area contributed by atoms with Crippen LogP contribution in [-0.2, 0) is 16.4 Å². The van der Waals surface area contributed by atoms with Gasteiger partial charge in [-0.3, -0.25) is 0 Å². The molecule has 23 heavy (non-hydrogen) atoms. The highest BCUT2D eigenvalue weighted by molar-refractivity contribution is 7.89. The van der Waals surface area contributed by atoms with Gasteiger partial charge in [-0.2, -0.15) is 4.31 Å². The number of fused-ring (bicyclic) bond motifs is 2. The van der Waals surface area contributed by atoms with Gasteiger partial charge in [-0.05, 0) is 54.6 Å². The number of sulfonamides is 1. The van der Waals surface area contributed by atoms with Gasteiger partial charge in [0.05, 0.1) is 11.8 Å². The molecule has 1 aromatic carbocycles. The first-order valence-electron chi connectivity index (χ1n) is 8.96. The minimum Gasteiger partial charge on any atom is -0.212 e. The van der Waals surface area contributed by atoms with Crippen LogP contribution in [0.15, 0.2) is 24.3 Å². The van der Waals surface area contributed by atoms with Crippen molar-refractivity contribution in [3.8, 4) is 0 Å². The summed E-state index contributed by atoms with van der Waals surface area (Å²) < 4.78 is 28.3. The third-order valence-corrected chi connectivity index (χ3v) is 9.90. The van der Waals surface area contributed by atoms with Crippen LogP contribution in [0.1, 0.15) is 56.7 Å². The molecular weight excluding hydrogens is 306 g/mol. The van der Waals surface area contributed by atoms with Gasteiger partial charge < -0.3 is 0 Å². The fourth-order valence-electron chi connectivity index (χ4n) is 6.53. The average molecular weight is 331 g/mol.